The minimum absolute atomic E-state index is 0.00261. The van der Waals surface area contributed by atoms with Crippen LogP contribution in [-0.4, -0.2) is 57.2 Å². The summed E-state index contributed by atoms with van der Waals surface area (Å²) in [5.41, 5.74) is 3.49. The first-order valence-corrected chi connectivity index (χ1v) is 13.0. The zero-order valence-corrected chi connectivity index (χ0v) is 22.8. The minimum Gasteiger partial charge on any atom is -0.507 e. The molecule has 2 aliphatic rings. The quantitative estimate of drug-likeness (QED) is 0.275. The Bertz CT molecular complexity index is 1430. The van der Waals surface area contributed by atoms with Crippen LogP contribution in [0.5, 0.6) is 11.5 Å². The molecule has 3 aromatic rings. The molecule has 2 aliphatic heterocycles. The Morgan fingerprint density at radius 1 is 1.03 bits per heavy atom. The van der Waals surface area contributed by atoms with Crippen LogP contribution in [-0.2, 0) is 9.59 Å². The molecular weight excluding hydrogens is 494 g/mol. The number of ether oxygens (including phenoxy) is 2. The van der Waals surface area contributed by atoms with E-state index < -0.39 is 17.7 Å². The summed E-state index contributed by atoms with van der Waals surface area (Å²) in [4.78, 5) is 32.5. The standard InChI is InChI=1S/C31H33N3O5/c1-19(2)39-24-13-6-20(7-14-24)28-27(29(35)21-8-15-26-25(18-21)33(5)16-17-38-26)30(36)31(37)34(28)23-11-9-22(10-12-23)32(3)4/h6-15,18-19,28,35H,16-17H2,1-5H3/b29-27-. The summed E-state index contributed by atoms with van der Waals surface area (Å²) in [6, 6.07) is 19.2. The largest absolute Gasteiger partial charge is 0.507 e. The van der Waals surface area contributed by atoms with Gasteiger partial charge in [0.1, 0.15) is 23.9 Å². The van der Waals surface area contributed by atoms with Gasteiger partial charge in [0.25, 0.3) is 11.7 Å². The second kappa shape index (κ2) is 10.4. The van der Waals surface area contributed by atoms with Crippen molar-refractivity contribution in [3.8, 4) is 11.5 Å². The lowest BCUT2D eigenvalue weighted by Gasteiger charge is -2.28. The second-order valence-electron chi connectivity index (χ2n) is 10.3. The van der Waals surface area contributed by atoms with Crippen LogP contribution < -0.4 is 24.2 Å². The lowest BCUT2D eigenvalue weighted by Crippen LogP contribution is -2.29. The van der Waals surface area contributed by atoms with Gasteiger partial charge >= 0.3 is 0 Å². The highest BCUT2D eigenvalue weighted by atomic mass is 16.5. The molecular formula is C31H33N3O5. The van der Waals surface area contributed by atoms with Crippen LogP contribution in [0.1, 0.15) is 31.0 Å². The Morgan fingerprint density at radius 2 is 1.72 bits per heavy atom. The highest BCUT2D eigenvalue weighted by Crippen LogP contribution is 2.44. The van der Waals surface area contributed by atoms with Gasteiger partial charge in [-0.05, 0) is 74.0 Å². The number of rotatable bonds is 6. The summed E-state index contributed by atoms with van der Waals surface area (Å²) in [5, 5.41) is 11.6. The summed E-state index contributed by atoms with van der Waals surface area (Å²) in [6.07, 6.45) is 0.00261. The number of fused-ring (bicyclic) bond motifs is 1. The smallest absolute Gasteiger partial charge is 0.300 e. The Labute approximate surface area is 228 Å². The maximum Gasteiger partial charge on any atom is 0.300 e. The number of benzene rings is 3. The molecule has 2 heterocycles. The summed E-state index contributed by atoms with van der Waals surface area (Å²) >= 11 is 0. The van der Waals surface area contributed by atoms with Crippen molar-refractivity contribution in [1.29, 1.82) is 0 Å². The van der Waals surface area contributed by atoms with E-state index in [1.165, 1.54) is 4.90 Å². The van der Waals surface area contributed by atoms with Gasteiger partial charge in [0.05, 0.1) is 30.0 Å². The average Bonchev–Trinajstić information content (AvgIpc) is 3.18. The molecule has 3 aromatic carbocycles. The molecule has 39 heavy (non-hydrogen) atoms. The average molecular weight is 528 g/mol. The third kappa shape index (κ3) is 4.90. The van der Waals surface area contributed by atoms with Gasteiger partial charge in [-0.1, -0.05) is 12.1 Å². The van der Waals surface area contributed by atoms with Gasteiger partial charge < -0.3 is 24.4 Å². The van der Waals surface area contributed by atoms with E-state index in [9.17, 15) is 14.7 Å². The third-order valence-corrected chi connectivity index (χ3v) is 6.98. The van der Waals surface area contributed by atoms with Crippen molar-refractivity contribution >= 4 is 34.5 Å². The first kappa shape index (κ1) is 26.2. The number of ketones is 1. The molecule has 8 nitrogen and oxygen atoms in total. The number of Topliss-reactive ketones (excluding diaryl/α,β-unsaturated/α-hetero) is 1. The van der Waals surface area contributed by atoms with Crippen molar-refractivity contribution in [2.24, 2.45) is 0 Å². The number of anilines is 3. The van der Waals surface area contributed by atoms with Gasteiger partial charge in [0.15, 0.2) is 0 Å². The highest BCUT2D eigenvalue weighted by Gasteiger charge is 2.47. The summed E-state index contributed by atoms with van der Waals surface area (Å²) < 4.78 is 11.5. The van der Waals surface area contributed by atoms with Crippen LogP contribution >= 0.6 is 0 Å². The summed E-state index contributed by atoms with van der Waals surface area (Å²) in [5.74, 6) is -0.271. The number of amides is 1. The minimum atomic E-state index is -0.826. The van der Waals surface area contributed by atoms with E-state index in [1.54, 1.807) is 18.2 Å². The second-order valence-corrected chi connectivity index (χ2v) is 10.3. The van der Waals surface area contributed by atoms with E-state index in [4.69, 9.17) is 9.47 Å². The maximum atomic E-state index is 13.6. The lowest BCUT2D eigenvalue weighted by molar-refractivity contribution is -0.132. The number of likely N-dealkylation sites (N-methyl/N-ethyl adjacent to an activating group) is 1. The fourth-order valence-corrected chi connectivity index (χ4v) is 4.98. The van der Waals surface area contributed by atoms with Crippen LogP contribution in [0, 0.1) is 0 Å². The van der Waals surface area contributed by atoms with E-state index in [0.717, 1.165) is 11.4 Å². The van der Waals surface area contributed by atoms with E-state index in [0.29, 0.717) is 41.5 Å². The predicted molar refractivity (Wildman–Crippen MR) is 153 cm³/mol. The van der Waals surface area contributed by atoms with Gasteiger partial charge in [0.2, 0.25) is 0 Å². The third-order valence-electron chi connectivity index (χ3n) is 6.98. The van der Waals surface area contributed by atoms with E-state index in [2.05, 4.69) is 0 Å². The van der Waals surface area contributed by atoms with E-state index in [1.807, 2.05) is 93.3 Å². The monoisotopic (exact) mass is 527 g/mol. The zero-order valence-electron chi connectivity index (χ0n) is 22.8. The topological polar surface area (TPSA) is 82.5 Å². The van der Waals surface area contributed by atoms with Crippen LogP contribution in [0.2, 0.25) is 0 Å². The van der Waals surface area contributed by atoms with Gasteiger partial charge in [-0.2, -0.15) is 0 Å². The van der Waals surface area contributed by atoms with Gasteiger partial charge in [-0.3, -0.25) is 14.5 Å². The fourth-order valence-electron chi connectivity index (χ4n) is 4.98. The van der Waals surface area contributed by atoms with Crippen molar-refractivity contribution in [3.05, 3.63) is 83.4 Å². The zero-order chi connectivity index (χ0) is 27.8. The molecule has 1 atom stereocenters. The molecule has 1 saturated heterocycles. The van der Waals surface area contributed by atoms with E-state index >= 15 is 0 Å². The van der Waals surface area contributed by atoms with Crippen LogP contribution in [0.15, 0.2) is 72.3 Å². The Balaban J connectivity index is 1.65. The maximum absolute atomic E-state index is 13.6. The Kier molecular flexibility index (Phi) is 6.95. The first-order chi connectivity index (χ1) is 18.7. The van der Waals surface area contributed by atoms with Crippen LogP contribution in [0.4, 0.5) is 17.1 Å². The van der Waals surface area contributed by atoms with Gasteiger partial charge in [0, 0.05) is 38.1 Å². The first-order valence-electron chi connectivity index (χ1n) is 13.0. The van der Waals surface area contributed by atoms with Crippen molar-refractivity contribution in [2.75, 3.05) is 49.0 Å². The Hall–Kier alpha value is -4.46. The molecule has 0 aromatic heterocycles. The molecule has 1 amide bonds. The number of carbonyl (C=O) groups excluding carboxylic acids is 2. The molecule has 0 aliphatic carbocycles. The summed E-state index contributed by atoms with van der Waals surface area (Å²) in [6.45, 7) is 5.17. The van der Waals surface area contributed by atoms with Crippen molar-refractivity contribution < 1.29 is 24.2 Å². The van der Waals surface area contributed by atoms with Crippen molar-refractivity contribution in [1.82, 2.24) is 0 Å². The van der Waals surface area contributed by atoms with E-state index in [-0.39, 0.29) is 17.4 Å². The lowest BCUT2D eigenvalue weighted by atomic mass is 9.94. The van der Waals surface area contributed by atoms with Crippen molar-refractivity contribution in [3.63, 3.8) is 0 Å². The normalized spacial score (nSPS) is 18.3. The Morgan fingerprint density at radius 3 is 2.36 bits per heavy atom. The number of nitrogens with zero attached hydrogens (tertiary/aromatic N) is 3. The molecule has 1 fully saturated rings. The molecule has 1 N–H and O–H groups in total. The molecule has 0 radical (unpaired) electrons. The molecule has 5 rings (SSSR count). The number of aliphatic hydroxyl groups is 1. The highest BCUT2D eigenvalue weighted by molar-refractivity contribution is 6.51. The molecule has 0 saturated carbocycles. The molecule has 0 spiro atoms. The van der Waals surface area contributed by atoms with Crippen LogP contribution in [0.3, 0.4) is 0 Å². The predicted octanol–water partition coefficient (Wildman–Crippen LogP) is 4.99. The molecule has 202 valence electrons. The summed E-state index contributed by atoms with van der Waals surface area (Å²) in [7, 11) is 5.81. The molecule has 0 bridgehead atoms. The molecule has 1 unspecified atom stereocenters. The number of carbonyl (C=O) groups is 2. The van der Waals surface area contributed by atoms with Crippen molar-refractivity contribution in [2.45, 2.75) is 26.0 Å². The number of aliphatic hydroxyl groups excluding tert-OH is 1. The molecule has 8 heteroatoms. The van der Waals surface area contributed by atoms with Gasteiger partial charge in [-0.15, -0.1) is 0 Å². The SMILES string of the molecule is CC(C)Oc1ccc(C2/C(=C(/O)c3ccc4c(c3)N(C)CCO4)C(=O)C(=O)N2c2ccc(N(C)C)cc2)cc1. The van der Waals surface area contributed by atoms with Gasteiger partial charge in [-0.25, -0.2) is 0 Å². The number of hydrogen-bond donors (Lipinski definition) is 1. The number of hydrogen-bond acceptors (Lipinski definition) is 7. The van der Waals surface area contributed by atoms with Crippen LogP contribution in [0.25, 0.3) is 5.76 Å². The fraction of sp³-hybridized carbons (Fsp3) is 0.290.